The van der Waals surface area contributed by atoms with Crippen LogP contribution in [0, 0.1) is 6.92 Å². The number of nitrogens with zero attached hydrogens (tertiary/aromatic N) is 4. The summed E-state index contributed by atoms with van der Waals surface area (Å²) >= 11 is 0. The first-order valence-corrected chi connectivity index (χ1v) is 12.3. The van der Waals surface area contributed by atoms with Gasteiger partial charge in [0.05, 0.1) is 13.0 Å². The van der Waals surface area contributed by atoms with Gasteiger partial charge >= 0.3 is 5.97 Å². The average Bonchev–Trinajstić information content (AvgIpc) is 2.76. The van der Waals surface area contributed by atoms with E-state index in [1.54, 1.807) is 6.07 Å². The fourth-order valence-corrected chi connectivity index (χ4v) is 3.99. The second-order valence-corrected chi connectivity index (χ2v) is 9.18. The van der Waals surface area contributed by atoms with E-state index in [1.807, 2.05) is 49.0 Å². The Morgan fingerprint density at radius 1 is 1.11 bits per heavy atom. The van der Waals surface area contributed by atoms with Crippen molar-refractivity contribution in [3.05, 3.63) is 46.6 Å². The predicted molar refractivity (Wildman–Crippen MR) is 139 cm³/mol. The molecule has 2 aromatic rings. The Balaban J connectivity index is 2.11. The summed E-state index contributed by atoms with van der Waals surface area (Å²) in [7, 11) is 3.74. The van der Waals surface area contributed by atoms with Gasteiger partial charge in [0.25, 0.3) is 0 Å². The molecule has 0 aliphatic heterocycles. The van der Waals surface area contributed by atoms with Crippen LogP contribution in [0.25, 0.3) is 0 Å². The highest BCUT2D eigenvalue weighted by molar-refractivity contribution is 5.78. The van der Waals surface area contributed by atoms with E-state index in [1.165, 1.54) is 0 Å². The number of nitrogens with two attached hydrogens (primary N) is 1. The molecular weight excluding hydrogens is 444 g/mol. The highest BCUT2D eigenvalue weighted by Gasteiger charge is 2.17. The molecule has 192 valence electrons. The van der Waals surface area contributed by atoms with Gasteiger partial charge in [-0.05, 0) is 51.4 Å². The van der Waals surface area contributed by atoms with Crippen LogP contribution in [0.4, 0.5) is 11.8 Å². The fourth-order valence-electron chi connectivity index (χ4n) is 3.99. The topological polar surface area (TPSA) is 125 Å². The number of likely N-dealkylation sites (N-methyl/N-ethyl adjacent to an activating group) is 1. The van der Waals surface area contributed by atoms with Crippen LogP contribution in [0.15, 0.2) is 24.3 Å². The lowest BCUT2D eigenvalue weighted by Gasteiger charge is -2.25. The van der Waals surface area contributed by atoms with Crippen LogP contribution in [0.3, 0.4) is 0 Å². The Kier molecular flexibility index (Phi) is 11.4. The lowest BCUT2D eigenvalue weighted by molar-refractivity contribution is -0.136. The summed E-state index contributed by atoms with van der Waals surface area (Å²) in [5.74, 6) is 0.191. The number of carboxylic acids is 1. The Morgan fingerprint density at radius 2 is 1.86 bits per heavy atom. The van der Waals surface area contributed by atoms with Crippen LogP contribution in [-0.2, 0) is 29.0 Å². The number of unbranched alkanes of at least 4 members (excludes halogenated alkanes) is 2. The van der Waals surface area contributed by atoms with Gasteiger partial charge in [0.1, 0.15) is 5.82 Å². The minimum absolute atomic E-state index is 0.0295. The number of aryl methyl sites for hydroxylation is 1. The van der Waals surface area contributed by atoms with Crippen LogP contribution in [0.2, 0.25) is 0 Å². The second kappa shape index (κ2) is 14.3. The summed E-state index contributed by atoms with van der Waals surface area (Å²) in [5.41, 5.74) is 9.41. The molecule has 0 radical (unpaired) electrons. The zero-order valence-corrected chi connectivity index (χ0v) is 21.5. The van der Waals surface area contributed by atoms with Gasteiger partial charge in [-0.2, -0.15) is 4.98 Å². The van der Waals surface area contributed by atoms with Crippen LogP contribution < -0.4 is 11.1 Å². The van der Waals surface area contributed by atoms with E-state index in [9.17, 15) is 9.59 Å². The Hall–Kier alpha value is -3.20. The number of aromatic nitrogens is 2. The van der Waals surface area contributed by atoms with E-state index in [0.717, 1.165) is 60.4 Å². The first kappa shape index (κ1) is 28.0. The third kappa shape index (κ3) is 9.90. The highest BCUT2D eigenvalue weighted by atomic mass is 16.4. The molecular formula is C26H40N6O3. The fraction of sp³-hybridized carbons (Fsp3) is 0.538. The number of hydrogen-bond acceptors (Lipinski definition) is 7. The summed E-state index contributed by atoms with van der Waals surface area (Å²) < 4.78 is 0. The Labute approximate surface area is 208 Å². The normalized spacial score (nSPS) is 11.0. The van der Waals surface area contributed by atoms with Gasteiger partial charge in [0, 0.05) is 30.9 Å². The molecule has 0 bridgehead atoms. The number of nitrogens with one attached hydrogen (secondary N) is 1. The SMILES string of the molecule is CCCCCNc1nc(N)nc(C)c1CCCN(Cc1cccc(CC(=O)O)c1)C(=O)CN(C)C. The summed E-state index contributed by atoms with van der Waals surface area (Å²) in [6.45, 7) is 6.24. The van der Waals surface area contributed by atoms with Crippen molar-refractivity contribution in [2.45, 2.75) is 58.9 Å². The van der Waals surface area contributed by atoms with Crippen molar-refractivity contribution in [3.63, 3.8) is 0 Å². The van der Waals surface area contributed by atoms with Crippen LogP contribution in [0.5, 0.6) is 0 Å². The molecule has 1 heterocycles. The van der Waals surface area contributed by atoms with Gasteiger partial charge in [-0.15, -0.1) is 0 Å². The molecule has 0 atom stereocenters. The molecule has 2 rings (SSSR count). The largest absolute Gasteiger partial charge is 0.481 e. The van der Waals surface area contributed by atoms with Crippen LogP contribution in [-0.4, -0.2) is 70.5 Å². The lowest BCUT2D eigenvalue weighted by Crippen LogP contribution is -2.38. The van der Waals surface area contributed by atoms with E-state index in [-0.39, 0.29) is 18.3 Å². The molecule has 35 heavy (non-hydrogen) atoms. The van der Waals surface area contributed by atoms with Crippen molar-refractivity contribution in [2.24, 2.45) is 0 Å². The Morgan fingerprint density at radius 3 is 2.54 bits per heavy atom. The van der Waals surface area contributed by atoms with Crippen molar-refractivity contribution in [3.8, 4) is 0 Å². The summed E-state index contributed by atoms with van der Waals surface area (Å²) in [4.78, 5) is 36.5. The van der Waals surface area contributed by atoms with E-state index in [0.29, 0.717) is 26.1 Å². The monoisotopic (exact) mass is 484 g/mol. The molecule has 9 heteroatoms. The molecule has 9 nitrogen and oxygen atoms in total. The van der Waals surface area contributed by atoms with Gasteiger partial charge in [-0.25, -0.2) is 4.98 Å². The molecule has 1 amide bonds. The van der Waals surface area contributed by atoms with Gasteiger partial charge in [-0.3, -0.25) is 9.59 Å². The molecule has 1 aromatic carbocycles. The minimum atomic E-state index is -0.872. The molecule has 0 saturated carbocycles. The summed E-state index contributed by atoms with van der Waals surface area (Å²) in [6.07, 6.45) is 4.78. The number of benzene rings is 1. The second-order valence-electron chi connectivity index (χ2n) is 9.18. The van der Waals surface area contributed by atoms with Crippen molar-refractivity contribution < 1.29 is 14.7 Å². The smallest absolute Gasteiger partial charge is 0.307 e. The third-order valence-corrected chi connectivity index (χ3v) is 5.68. The maximum absolute atomic E-state index is 13.0. The third-order valence-electron chi connectivity index (χ3n) is 5.68. The molecule has 0 saturated heterocycles. The molecule has 0 aliphatic rings. The zero-order valence-electron chi connectivity index (χ0n) is 21.5. The van der Waals surface area contributed by atoms with Gasteiger partial charge in [0.2, 0.25) is 11.9 Å². The number of carbonyl (C=O) groups is 2. The van der Waals surface area contributed by atoms with Crippen molar-refractivity contribution >= 4 is 23.6 Å². The van der Waals surface area contributed by atoms with Gasteiger partial charge < -0.3 is 26.0 Å². The summed E-state index contributed by atoms with van der Waals surface area (Å²) in [5, 5.41) is 12.5. The molecule has 0 unspecified atom stereocenters. The molecule has 4 N–H and O–H groups in total. The first-order valence-electron chi connectivity index (χ1n) is 12.3. The standard InChI is InChI=1S/C26H40N6O3/c1-5-6-7-13-28-25-22(19(2)29-26(27)30-25)12-9-14-32(23(33)18-31(3)4)17-21-11-8-10-20(15-21)16-24(34)35/h8,10-11,15H,5-7,9,12-14,16-18H2,1-4H3,(H,34,35)(H3,27,28,29,30). The number of carboxylic acid groups (broad SMARTS) is 1. The number of amides is 1. The number of rotatable bonds is 15. The van der Waals surface area contributed by atoms with Crippen molar-refractivity contribution in [1.82, 2.24) is 19.8 Å². The average molecular weight is 485 g/mol. The van der Waals surface area contributed by atoms with E-state index in [4.69, 9.17) is 10.8 Å². The molecule has 0 fully saturated rings. The number of anilines is 2. The zero-order chi connectivity index (χ0) is 25.8. The number of hydrogen-bond donors (Lipinski definition) is 3. The van der Waals surface area contributed by atoms with Crippen LogP contribution in [0.1, 0.15) is 55.0 Å². The maximum atomic E-state index is 13.0. The van der Waals surface area contributed by atoms with Gasteiger partial charge in [0.15, 0.2) is 0 Å². The molecule has 0 spiro atoms. The highest BCUT2D eigenvalue weighted by Crippen LogP contribution is 2.20. The Bertz CT molecular complexity index is 980. The lowest BCUT2D eigenvalue weighted by atomic mass is 10.1. The van der Waals surface area contributed by atoms with Crippen molar-refractivity contribution in [1.29, 1.82) is 0 Å². The maximum Gasteiger partial charge on any atom is 0.307 e. The number of aliphatic carboxylic acids is 1. The minimum Gasteiger partial charge on any atom is -0.481 e. The van der Waals surface area contributed by atoms with E-state index in [2.05, 4.69) is 22.2 Å². The number of nitrogen functional groups attached to an aromatic ring is 1. The van der Waals surface area contributed by atoms with Gasteiger partial charge in [-0.1, -0.05) is 44.0 Å². The van der Waals surface area contributed by atoms with Crippen molar-refractivity contribution in [2.75, 3.05) is 44.8 Å². The predicted octanol–water partition coefficient (Wildman–Crippen LogP) is 3.12. The number of carbonyl (C=O) groups excluding carboxylic acids is 1. The van der Waals surface area contributed by atoms with Crippen LogP contribution >= 0.6 is 0 Å². The van der Waals surface area contributed by atoms with E-state index < -0.39 is 5.97 Å². The first-order chi connectivity index (χ1) is 16.7. The molecule has 1 aromatic heterocycles. The summed E-state index contributed by atoms with van der Waals surface area (Å²) in [6, 6.07) is 7.42. The molecule has 0 aliphatic carbocycles. The van der Waals surface area contributed by atoms with E-state index >= 15 is 0 Å². The quantitative estimate of drug-likeness (QED) is 0.329.